The van der Waals surface area contributed by atoms with Crippen molar-refractivity contribution in [1.29, 1.82) is 0 Å². The zero-order valence-electron chi connectivity index (χ0n) is 10.1. The van der Waals surface area contributed by atoms with Crippen LogP contribution in [-0.4, -0.2) is 47.2 Å². The molecule has 0 spiro atoms. The zero-order valence-corrected chi connectivity index (χ0v) is 12.3. The number of halogens is 1. The first-order valence-electron chi connectivity index (χ1n) is 5.79. The van der Waals surface area contributed by atoms with Gasteiger partial charge in [0.05, 0.1) is 13.2 Å². The van der Waals surface area contributed by atoms with Crippen molar-refractivity contribution >= 4 is 28.5 Å². The van der Waals surface area contributed by atoms with Crippen molar-refractivity contribution in [2.45, 2.75) is 18.9 Å². The second kappa shape index (κ2) is 5.83. The van der Waals surface area contributed by atoms with E-state index in [9.17, 15) is 9.90 Å². The number of hydrogen-bond acceptors (Lipinski definition) is 4. The van der Waals surface area contributed by atoms with E-state index in [1.165, 1.54) is 7.11 Å². The van der Waals surface area contributed by atoms with E-state index in [0.29, 0.717) is 24.5 Å². The maximum absolute atomic E-state index is 12.4. The van der Waals surface area contributed by atoms with Crippen LogP contribution in [0.4, 0.5) is 0 Å². The minimum atomic E-state index is -0.428. The van der Waals surface area contributed by atoms with Gasteiger partial charge in [0.25, 0.3) is 5.91 Å². The molecule has 5 nitrogen and oxygen atoms in total. The monoisotopic (exact) mass is 362 g/mol. The SMILES string of the molecule is COc1nccc(I)c1C(=O)N1CCCC(O)C1. The lowest BCUT2D eigenvalue weighted by Crippen LogP contribution is -2.42. The minimum absolute atomic E-state index is 0.122. The molecule has 1 aliphatic rings. The fraction of sp³-hybridized carbons (Fsp3) is 0.500. The summed E-state index contributed by atoms with van der Waals surface area (Å²) in [5.41, 5.74) is 0.481. The van der Waals surface area contributed by atoms with E-state index in [-0.39, 0.29) is 5.91 Å². The average Bonchev–Trinajstić information content (AvgIpc) is 2.37. The van der Waals surface area contributed by atoms with Crippen LogP contribution in [0.25, 0.3) is 0 Å². The molecule has 18 heavy (non-hydrogen) atoms. The van der Waals surface area contributed by atoms with Gasteiger partial charge in [-0.15, -0.1) is 0 Å². The fourth-order valence-electron chi connectivity index (χ4n) is 2.07. The van der Waals surface area contributed by atoms with Gasteiger partial charge in [-0.2, -0.15) is 0 Å². The van der Waals surface area contributed by atoms with Gasteiger partial charge < -0.3 is 14.7 Å². The number of nitrogens with zero attached hydrogens (tertiary/aromatic N) is 2. The molecule has 0 saturated carbocycles. The van der Waals surface area contributed by atoms with Crippen LogP contribution in [0.1, 0.15) is 23.2 Å². The number of piperidine rings is 1. The summed E-state index contributed by atoms with van der Waals surface area (Å²) in [7, 11) is 1.50. The molecule has 1 aromatic rings. The van der Waals surface area contributed by atoms with E-state index >= 15 is 0 Å². The third-order valence-corrected chi connectivity index (χ3v) is 3.86. The minimum Gasteiger partial charge on any atom is -0.480 e. The number of aromatic nitrogens is 1. The Morgan fingerprint density at radius 1 is 1.67 bits per heavy atom. The van der Waals surface area contributed by atoms with Crippen molar-refractivity contribution < 1.29 is 14.6 Å². The molecule has 0 bridgehead atoms. The molecule has 98 valence electrons. The number of carbonyl (C=O) groups is 1. The fourth-order valence-corrected chi connectivity index (χ4v) is 2.69. The lowest BCUT2D eigenvalue weighted by molar-refractivity contribution is 0.0469. The second-order valence-electron chi connectivity index (χ2n) is 4.22. The number of β-amino-alcohol motifs (C(OH)–C–C–N with tert-alkyl or cyclic N) is 1. The Bertz CT molecular complexity index is 453. The van der Waals surface area contributed by atoms with Gasteiger partial charge in [0, 0.05) is 22.9 Å². The topological polar surface area (TPSA) is 62.7 Å². The summed E-state index contributed by atoms with van der Waals surface area (Å²) in [5, 5.41) is 9.63. The van der Waals surface area contributed by atoms with Crippen molar-refractivity contribution in [3.63, 3.8) is 0 Å². The number of ether oxygens (including phenoxy) is 1. The molecular weight excluding hydrogens is 347 g/mol. The molecule has 6 heteroatoms. The first kappa shape index (κ1) is 13.5. The van der Waals surface area contributed by atoms with Crippen LogP contribution in [-0.2, 0) is 0 Å². The van der Waals surface area contributed by atoms with Gasteiger partial charge in [0.15, 0.2) is 0 Å². The van der Waals surface area contributed by atoms with Crippen LogP contribution in [0.5, 0.6) is 5.88 Å². The predicted octanol–water partition coefficient (Wildman–Crippen LogP) is 1.29. The molecule has 0 aliphatic carbocycles. The van der Waals surface area contributed by atoms with Crippen LogP contribution in [0.3, 0.4) is 0 Å². The zero-order chi connectivity index (χ0) is 13.1. The number of pyridine rings is 1. The average molecular weight is 362 g/mol. The summed E-state index contributed by atoms with van der Waals surface area (Å²) in [6, 6.07) is 1.77. The van der Waals surface area contributed by atoms with Gasteiger partial charge in [-0.3, -0.25) is 4.79 Å². The van der Waals surface area contributed by atoms with Gasteiger partial charge >= 0.3 is 0 Å². The van der Waals surface area contributed by atoms with Gasteiger partial charge in [-0.05, 0) is 41.5 Å². The molecular formula is C12H15IN2O3. The molecule has 1 atom stereocenters. The van der Waals surface area contributed by atoms with Crippen molar-refractivity contribution in [2.24, 2.45) is 0 Å². The van der Waals surface area contributed by atoms with Gasteiger partial charge in [-0.1, -0.05) is 0 Å². The Morgan fingerprint density at radius 2 is 2.44 bits per heavy atom. The molecule has 1 unspecified atom stereocenters. The standard InChI is InChI=1S/C12H15IN2O3/c1-18-11-10(9(13)4-5-14-11)12(17)15-6-2-3-8(16)7-15/h4-5,8,16H,2-3,6-7H2,1H3. The Morgan fingerprint density at radius 3 is 3.11 bits per heavy atom. The van der Waals surface area contributed by atoms with Crippen LogP contribution in [0.15, 0.2) is 12.3 Å². The second-order valence-corrected chi connectivity index (χ2v) is 5.39. The number of carbonyl (C=O) groups excluding carboxylic acids is 1. The van der Waals surface area contributed by atoms with Crippen LogP contribution in [0, 0.1) is 3.57 Å². The van der Waals surface area contributed by atoms with Crippen LogP contribution >= 0.6 is 22.6 Å². The molecule has 1 aliphatic heterocycles. The van der Waals surface area contributed by atoms with Gasteiger partial charge in [0.1, 0.15) is 5.56 Å². The lowest BCUT2D eigenvalue weighted by atomic mass is 10.1. The largest absolute Gasteiger partial charge is 0.480 e. The molecule has 0 radical (unpaired) electrons. The van der Waals surface area contributed by atoms with E-state index in [0.717, 1.165) is 16.4 Å². The van der Waals surface area contributed by atoms with Gasteiger partial charge in [0.2, 0.25) is 5.88 Å². The summed E-state index contributed by atoms with van der Waals surface area (Å²) in [6.45, 7) is 1.05. The first-order valence-corrected chi connectivity index (χ1v) is 6.87. The molecule has 2 rings (SSSR count). The summed E-state index contributed by atoms with van der Waals surface area (Å²) in [6.07, 6.45) is 2.77. The maximum atomic E-state index is 12.4. The molecule has 1 N–H and O–H groups in total. The van der Waals surface area contributed by atoms with E-state index in [1.54, 1.807) is 17.2 Å². The van der Waals surface area contributed by atoms with E-state index < -0.39 is 6.10 Å². The van der Waals surface area contributed by atoms with E-state index in [1.807, 2.05) is 0 Å². The molecule has 1 amide bonds. The van der Waals surface area contributed by atoms with E-state index in [2.05, 4.69) is 27.6 Å². The molecule has 0 aromatic carbocycles. The summed E-state index contributed by atoms with van der Waals surface area (Å²) < 4.78 is 5.95. The highest BCUT2D eigenvalue weighted by Crippen LogP contribution is 2.24. The van der Waals surface area contributed by atoms with Crippen molar-refractivity contribution in [1.82, 2.24) is 9.88 Å². The Kier molecular flexibility index (Phi) is 4.39. The molecule has 1 aromatic heterocycles. The Labute approximate surface area is 119 Å². The van der Waals surface area contributed by atoms with Crippen molar-refractivity contribution in [3.8, 4) is 5.88 Å². The van der Waals surface area contributed by atoms with Gasteiger partial charge in [-0.25, -0.2) is 4.98 Å². The Hall–Kier alpha value is -0.890. The first-order chi connectivity index (χ1) is 8.63. The highest BCUT2D eigenvalue weighted by Gasteiger charge is 2.27. The summed E-state index contributed by atoms with van der Waals surface area (Å²) in [5.74, 6) is 0.218. The maximum Gasteiger partial charge on any atom is 0.260 e. The number of likely N-dealkylation sites (tertiary alicyclic amines) is 1. The smallest absolute Gasteiger partial charge is 0.260 e. The highest BCUT2D eigenvalue weighted by molar-refractivity contribution is 14.1. The number of aliphatic hydroxyl groups is 1. The third kappa shape index (κ3) is 2.74. The van der Waals surface area contributed by atoms with Crippen molar-refractivity contribution in [3.05, 3.63) is 21.4 Å². The Balaban J connectivity index is 2.28. The highest BCUT2D eigenvalue weighted by atomic mass is 127. The number of methoxy groups -OCH3 is 1. The molecule has 1 saturated heterocycles. The third-order valence-electron chi connectivity index (χ3n) is 2.96. The number of rotatable bonds is 2. The number of hydrogen-bond donors (Lipinski definition) is 1. The van der Waals surface area contributed by atoms with E-state index in [4.69, 9.17) is 4.74 Å². The summed E-state index contributed by atoms with van der Waals surface area (Å²) >= 11 is 2.10. The molecule has 2 heterocycles. The predicted molar refractivity (Wildman–Crippen MR) is 74.7 cm³/mol. The quantitative estimate of drug-likeness (QED) is 0.806. The van der Waals surface area contributed by atoms with Crippen molar-refractivity contribution in [2.75, 3.05) is 20.2 Å². The number of aliphatic hydroxyl groups excluding tert-OH is 1. The molecule has 1 fully saturated rings. The van der Waals surface area contributed by atoms with Crippen LogP contribution in [0.2, 0.25) is 0 Å². The summed E-state index contributed by atoms with van der Waals surface area (Å²) in [4.78, 5) is 18.2. The lowest BCUT2D eigenvalue weighted by Gasteiger charge is -2.30. The normalized spacial score (nSPS) is 19.7. The number of amides is 1. The van der Waals surface area contributed by atoms with Crippen LogP contribution < -0.4 is 4.74 Å².